The zero-order valence-electron chi connectivity index (χ0n) is 11.0. The summed E-state index contributed by atoms with van der Waals surface area (Å²) in [5, 5.41) is 22.4. The molecule has 1 unspecified atom stereocenters. The Hall–Kier alpha value is -1.55. The zero-order valence-corrected chi connectivity index (χ0v) is 11.0. The minimum absolute atomic E-state index is 0.0380. The SMILES string of the molecule is O=C(O)C(NC1CCCCCC1)c1ccccc1O. The number of carbonyl (C=O) groups is 1. The Labute approximate surface area is 113 Å². The predicted octanol–water partition coefficient (Wildman–Crippen LogP) is 2.83. The van der Waals surface area contributed by atoms with Crippen LogP contribution in [0.25, 0.3) is 0 Å². The Morgan fingerprint density at radius 1 is 1.16 bits per heavy atom. The second kappa shape index (κ2) is 6.57. The number of aromatic hydroxyl groups is 1. The van der Waals surface area contributed by atoms with E-state index in [1.54, 1.807) is 18.2 Å². The molecule has 0 amide bonds. The predicted molar refractivity (Wildman–Crippen MR) is 73.1 cm³/mol. The first kappa shape index (κ1) is 13.9. The highest BCUT2D eigenvalue weighted by Crippen LogP contribution is 2.26. The van der Waals surface area contributed by atoms with Gasteiger partial charge in [0.1, 0.15) is 11.8 Å². The van der Waals surface area contributed by atoms with Crippen LogP contribution in [0, 0.1) is 0 Å². The van der Waals surface area contributed by atoms with Gasteiger partial charge in [0.05, 0.1) is 0 Å². The second-order valence-electron chi connectivity index (χ2n) is 5.19. The average molecular weight is 263 g/mol. The van der Waals surface area contributed by atoms with E-state index in [0.29, 0.717) is 5.56 Å². The smallest absolute Gasteiger partial charge is 0.325 e. The minimum atomic E-state index is -0.939. The summed E-state index contributed by atoms with van der Waals surface area (Å²) >= 11 is 0. The fourth-order valence-electron chi connectivity index (χ4n) is 2.71. The molecule has 19 heavy (non-hydrogen) atoms. The third-order valence-electron chi connectivity index (χ3n) is 3.75. The van der Waals surface area contributed by atoms with E-state index in [0.717, 1.165) is 25.7 Å². The number of para-hydroxylation sites is 1. The summed E-state index contributed by atoms with van der Waals surface area (Å²) in [5.74, 6) is -0.901. The van der Waals surface area contributed by atoms with Crippen LogP contribution in [0.4, 0.5) is 0 Å². The Morgan fingerprint density at radius 2 is 1.79 bits per heavy atom. The van der Waals surface area contributed by atoms with Crippen LogP contribution in [0.1, 0.15) is 50.1 Å². The number of hydrogen-bond donors (Lipinski definition) is 3. The molecule has 0 spiro atoms. The van der Waals surface area contributed by atoms with Crippen LogP contribution in [-0.4, -0.2) is 22.2 Å². The number of carboxylic acids is 1. The number of benzene rings is 1. The molecule has 0 bridgehead atoms. The summed E-state index contributed by atoms with van der Waals surface area (Å²) in [7, 11) is 0. The van der Waals surface area contributed by atoms with Gasteiger partial charge in [0, 0.05) is 11.6 Å². The van der Waals surface area contributed by atoms with Gasteiger partial charge >= 0.3 is 5.97 Å². The summed E-state index contributed by atoms with van der Waals surface area (Å²) in [5.41, 5.74) is 0.444. The maximum absolute atomic E-state index is 11.4. The molecule has 1 fully saturated rings. The third kappa shape index (κ3) is 3.70. The molecule has 1 atom stereocenters. The largest absolute Gasteiger partial charge is 0.508 e. The monoisotopic (exact) mass is 263 g/mol. The van der Waals surface area contributed by atoms with Crippen LogP contribution >= 0.6 is 0 Å². The first-order valence-electron chi connectivity index (χ1n) is 6.95. The van der Waals surface area contributed by atoms with E-state index in [9.17, 15) is 15.0 Å². The number of rotatable bonds is 4. The highest BCUT2D eigenvalue weighted by Gasteiger charge is 2.25. The van der Waals surface area contributed by atoms with Crippen LogP contribution < -0.4 is 5.32 Å². The van der Waals surface area contributed by atoms with Gasteiger partial charge in [0.25, 0.3) is 0 Å². The number of phenolic OH excluding ortho intramolecular Hbond substituents is 1. The Kier molecular flexibility index (Phi) is 4.80. The highest BCUT2D eigenvalue weighted by atomic mass is 16.4. The number of hydrogen-bond acceptors (Lipinski definition) is 3. The second-order valence-corrected chi connectivity index (χ2v) is 5.19. The fourth-order valence-corrected chi connectivity index (χ4v) is 2.71. The van der Waals surface area contributed by atoms with Gasteiger partial charge in [-0.25, -0.2) is 0 Å². The van der Waals surface area contributed by atoms with Crippen molar-refractivity contribution >= 4 is 5.97 Å². The van der Waals surface area contributed by atoms with Crippen molar-refractivity contribution < 1.29 is 15.0 Å². The molecule has 0 radical (unpaired) electrons. The van der Waals surface area contributed by atoms with E-state index in [1.165, 1.54) is 18.9 Å². The molecule has 4 heteroatoms. The molecular formula is C15H21NO3. The van der Waals surface area contributed by atoms with Gasteiger partial charge in [-0.3, -0.25) is 10.1 Å². The Bertz CT molecular complexity index is 425. The summed E-state index contributed by atoms with van der Waals surface area (Å²) in [6.45, 7) is 0. The normalized spacial score (nSPS) is 18.7. The Balaban J connectivity index is 2.12. The van der Waals surface area contributed by atoms with Gasteiger partial charge < -0.3 is 10.2 Å². The number of nitrogens with one attached hydrogen (secondary N) is 1. The first-order valence-corrected chi connectivity index (χ1v) is 6.95. The van der Waals surface area contributed by atoms with Crippen LogP contribution in [0.15, 0.2) is 24.3 Å². The molecule has 1 saturated carbocycles. The van der Waals surface area contributed by atoms with E-state index in [-0.39, 0.29) is 11.8 Å². The lowest BCUT2D eigenvalue weighted by molar-refractivity contribution is -0.140. The molecule has 0 aliphatic heterocycles. The number of aliphatic carboxylic acids is 1. The molecule has 2 rings (SSSR count). The fraction of sp³-hybridized carbons (Fsp3) is 0.533. The molecular weight excluding hydrogens is 242 g/mol. The van der Waals surface area contributed by atoms with E-state index >= 15 is 0 Å². The van der Waals surface area contributed by atoms with Gasteiger partial charge in [0.15, 0.2) is 0 Å². The van der Waals surface area contributed by atoms with Crippen LogP contribution in [0.2, 0.25) is 0 Å². The van der Waals surface area contributed by atoms with E-state index in [1.807, 2.05) is 0 Å². The van der Waals surface area contributed by atoms with Gasteiger partial charge in [-0.15, -0.1) is 0 Å². The molecule has 1 aromatic carbocycles. The van der Waals surface area contributed by atoms with Crippen molar-refractivity contribution in [1.82, 2.24) is 5.32 Å². The van der Waals surface area contributed by atoms with Crippen LogP contribution in [0.3, 0.4) is 0 Å². The quantitative estimate of drug-likeness (QED) is 0.731. The lowest BCUT2D eigenvalue weighted by Crippen LogP contribution is -2.36. The maximum Gasteiger partial charge on any atom is 0.325 e. The molecule has 1 aromatic rings. The number of carboxylic acid groups (broad SMARTS) is 1. The van der Waals surface area contributed by atoms with Crippen LogP contribution in [0.5, 0.6) is 5.75 Å². The molecule has 104 valence electrons. The molecule has 3 N–H and O–H groups in total. The van der Waals surface area contributed by atoms with Crippen molar-refractivity contribution in [3.05, 3.63) is 29.8 Å². The van der Waals surface area contributed by atoms with Crippen molar-refractivity contribution in [3.63, 3.8) is 0 Å². The van der Waals surface area contributed by atoms with Crippen molar-refractivity contribution in [2.24, 2.45) is 0 Å². The van der Waals surface area contributed by atoms with Crippen molar-refractivity contribution in [2.45, 2.75) is 50.6 Å². The maximum atomic E-state index is 11.4. The molecule has 0 heterocycles. The lowest BCUT2D eigenvalue weighted by atomic mass is 10.0. The van der Waals surface area contributed by atoms with Gasteiger partial charge in [-0.1, -0.05) is 43.9 Å². The summed E-state index contributed by atoms with van der Waals surface area (Å²) in [4.78, 5) is 11.4. The summed E-state index contributed by atoms with van der Waals surface area (Å²) < 4.78 is 0. The number of phenols is 1. The minimum Gasteiger partial charge on any atom is -0.508 e. The van der Waals surface area contributed by atoms with E-state index < -0.39 is 12.0 Å². The zero-order chi connectivity index (χ0) is 13.7. The topological polar surface area (TPSA) is 69.6 Å². The highest BCUT2D eigenvalue weighted by molar-refractivity contribution is 5.76. The van der Waals surface area contributed by atoms with Crippen molar-refractivity contribution in [1.29, 1.82) is 0 Å². The standard InChI is InChI=1S/C15H21NO3/c17-13-10-6-5-9-12(13)14(15(18)19)16-11-7-3-1-2-4-8-11/h5-6,9-11,14,16-17H,1-4,7-8H2,(H,18,19). The lowest BCUT2D eigenvalue weighted by Gasteiger charge is -2.22. The molecule has 4 nitrogen and oxygen atoms in total. The van der Waals surface area contributed by atoms with E-state index in [2.05, 4.69) is 5.32 Å². The van der Waals surface area contributed by atoms with Crippen molar-refractivity contribution in [3.8, 4) is 5.75 Å². The Morgan fingerprint density at radius 3 is 2.37 bits per heavy atom. The van der Waals surface area contributed by atoms with Crippen LogP contribution in [-0.2, 0) is 4.79 Å². The first-order chi connectivity index (χ1) is 9.18. The molecule has 1 aliphatic carbocycles. The summed E-state index contributed by atoms with van der Waals surface area (Å²) in [6, 6.07) is 6.04. The van der Waals surface area contributed by atoms with Crippen molar-refractivity contribution in [2.75, 3.05) is 0 Å². The van der Waals surface area contributed by atoms with E-state index in [4.69, 9.17) is 0 Å². The average Bonchev–Trinajstić information content (AvgIpc) is 2.65. The summed E-state index contributed by atoms with van der Waals surface area (Å²) in [6.07, 6.45) is 6.77. The molecule has 0 aromatic heterocycles. The van der Waals surface area contributed by atoms with Gasteiger partial charge in [-0.2, -0.15) is 0 Å². The van der Waals surface area contributed by atoms with Gasteiger partial charge in [0.2, 0.25) is 0 Å². The molecule has 0 saturated heterocycles. The third-order valence-corrected chi connectivity index (χ3v) is 3.75. The molecule has 1 aliphatic rings. The van der Waals surface area contributed by atoms with Gasteiger partial charge in [-0.05, 0) is 18.9 Å².